The zero-order valence-corrected chi connectivity index (χ0v) is 10.7. The van der Waals surface area contributed by atoms with Gasteiger partial charge in [-0.15, -0.1) is 0 Å². The molecule has 0 aromatic rings. The lowest BCUT2D eigenvalue weighted by Gasteiger charge is -2.40. The van der Waals surface area contributed by atoms with Crippen LogP contribution in [0.2, 0.25) is 0 Å². The molecule has 3 heteroatoms. The summed E-state index contributed by atoms with van der Waals surface area (Å²) in [5, 5.41) is 10.6. The van der Waals surface area contributed by atoms with Crippen LogP contribution >= 0.6 is 0 Å². The Balaban J connectivity index is 2.76. The highest BCUT2D eigenvalue weighted by atomic mass is 16.5. The molecule has 1 aliphatic carbocycles. The summed E-state index contributed by atoms with van der Waals surface area (Å²) >= 11 is 0. The molecule has 0 radical (unpaired) electrons. The molecule has 1 N–H and O–H groups in total. The van der Waals surface area contributed by atoms with Gasteiger partial charge in [0.05, 0.1) is 18.6 Å². The molecule has 3 atom stereocenters. The van der Waals surface area contributed by atoms with Crippen LogP contribution < -0.4 is 0 Å². The molecule has 94 valence electrons. The predicted octanol–water partition coefficient (Wildman–Crippen LogP) is 2.52. The third-order valence-corrected chi connectivity index (χ3v) is 3.98. The van der Waals surface area contributed by atoms with Crippen LogP contribution in [0.5, 0.6) is 0 Å². The molecule has 0 heterocycles. The van der Waals surface area contributed by atoms with Crippen molar-refractivity contribution in [3.8, 4) is 0 Å². The zero-order chi connectivity index (χ0) is 12.2. The van der Waals surface area contributed by atoms with Gasteiger partial charge in [0.15, 0.2) is 0 Å². The highest BCUT2D eigenvalue weighted by Crippen LogP contribution is 2.40. The van der Waals surface area contributed by atoms with Crippen molar-refractivity contribution in [1.29, 1.82) is 0 Å². The van der Waals surface area contributed by atoms with Gasteiger partial charge in [0.25, 0.3) is 0 Å². The Bertz CT molecular complexity index is 239. The summed E-state index contributed by atoms with van der Waals surface area (Å²) in [4.78, 5) is 11.7. The lowest BCUT2D eigenvalue weighted by atomic mass is 9.70. The van der Waals surface area contributed by atoms with Crippen LogP contribution in [-0.4, -0.2) is 23.8 Å². The maximum absolute atomic E-state index is 11.7. The van der Waals surface area contributed by atoms with Gasteiger partial charge >= 0.3 is 5.97 Å². The van der Waals surface area contributed by atoms with E-state index in [-0.39, 0.29) is 11.9 Å². The molecule has 16 heavy (non-hydrogen) atoms. The number of carbonyl (C=O) groups excluding carboxylic acids is 1. The standard InChI is InChI=1S/C13H24O3/c1-4-10-7-6-8-13(15,9-10)11(5-2)12(14)16-3/h10-11,15H,4-9H2,1-3H3. The summed E-state index contributed by atoms with van der Waals surface area (Å²) in [5.74, 6) is -0.0638. The number of rotatable bonds is 4. The number of carbonyl (C=O) groups is 1. The van der Waals surface area contributed by atoms with Crippen molar-refractivity contribution in [2.45, 2.75) is 58.0 Å². The lowest BCUT2D eigenvalue weighted by Crippen LogP contribution is -2.46. The average Bonchev–Trinajstić information content (AvgIpc) is 2.29. The number of hydrogen-bond donors (Lipinski definition) is 1. The van der Waals surface area contributed by atoms with Gasteiger partial charge in [-0.2, -0.15) is 0 Å². The molecule has 1 aliphatic rings. The molecule has 1 rings (SSSR count). The van der Waals surface area contributed by atoms with E-state index in [1.54, 1.807) is 0 Å². The molecular weight excluding hydrogens is 204 g/mol. The predicted molar refractivity (Wildman–Crippen MR) is 63.0 cm³/mol. The van der Waals surface area contributed by atoms with Crippen LogP contribution in [0.15, 0.2) is 0 Å². The summed E-state index contributed by atoms with van der Waals surface area (Å²) in [6.07, 6.45) is 5.41. The SMILES string of the molecule is CCC1CCCC(O)(C(CC)C(=O)OC)C1. The van der Waals surface area contributed by atoms with E-state index in [0.717, 1.165) is 25.7 Å². The van der Waals surface area contributed by atoms with Crippen molar-refractivity contribution in [1.82, 2.24) is 0 Å². The summed E-state index contributed by atoms with van der Waals surface area (Å²) < 4.78 is 4.79. The van der Waals surface area contributed by atoms with Crippen molar-refractivity contribution in [2.24, 2.45) is 11.8 Å². The van der Waals surface area contributed by atoms with Gasteiger partial charge < -0.3 is 9.84 Å². The molecule has 0 bridgehead atoms. The Kier molecular flexibility index (Phi) is 4.78. The van der Waals surface area contributed by atoms with Crippen molar-refractivity contribution < 1.29 is 14.6 Å². The molecule has 1 fully saturated rings. The molecule has 0 aromatic heterocycles. The Labute approximate surface area is 98.2 Å². The molecule has 1 saturated carbocycles. The fourth-order valence-electron chi connectivity index (χ4n) is 2.97. The van der Waals surface area contributed by atoms with Gasteiger partial charge in [0, 0.05) is 0 Å². The third kappa shape index (κ3) is 2.76. The normalized spacial score (nSPS) is 32.1. The topological polar surface area (TPSA) is 46.5 Å². The van der Waals surface area contributed by atoms with Gasteiger partial charge in [-0.05, 0) is 25.2 Å². The Morgan fingerprint density at radius 1 is 1.56 bits per heavy atom. The minimum Gasteiger partial charge on any atom is -0.469 e. The second-order valence-corrected chi connectivity index (χ2v) is 4.96. The highest BCUT2D eigenvalue weighted by Gasteiger charge is 2.43. The molecule has 0 aliphatic heterocycles. The van der Waals surface area contributed by atoms with Crippen molar-refractivity contribution >= 4 is 5.97 Å². The van der Waals surface area contributed by atoms with Gasteiger partial charge in [-0.25, -0.2) is 0 Å². The quantitative estimate of drug-likeness (QED) is 0.752. The lowest BCUT2D eigenvalue weighted by molar-refractivity contribution is -0.160. The summed E-state index contributed by atoms with van der Waals surface area (Å²) in [6.45, 7) is 4.09. The fraction of sp³-hybridized carbons (Fsp3) is 0.923. The second kappa shape index (κ2) is 5.67. The zero-order valence-electron chi connectivity index (χ0n) is 10.7. The molecule has 3 unspecified atom stereocenters. The molecule has 0 saturated heterocycles. The van der Waals surface area contributed by atoms with E-state index in [4.69, 9.17) is 4.74 Å². The van der Waals surface area contributed by atoms with E-state index >= 15 is 0 Å². The van der Waals surface area contributed by atoms with Gasteiger partial charge in [0.1, 0.15) is 0 Å². The van der Waals surface area contributed by atoms with Gasteiger partial charge in [-0.1, -0.05) is 33.1 Å². The van der Waals surface area contributed by atoms with E-state index in [2.05, 4.69) is 6.92 Å². The molecule has 0 spiro atoms. The first kappa shape index (κ1) is 13.5. The van der Waals surface area contributed by atoms with E-state index in [1.165, 1.54) is 13.5 Å². The molecule has 3 nitrogen and oxygen atoms in total. The van der Waals surface area contributed by atoms with Crippen LogP contribution in [0.3, 0.4) is 0 Å². The van der Waals surface area contributed by atoms with Crippen LogP contribution in [0, 0.1) is 11.8 Å². The Morgan fingerprint density at radius 2 is 2.25 bits per heavy atom. The minimum atomic E-state index is -0.833. The van der Waals surface area contributed by atoms with Gasteiger partial charge in [-0.3, -0.25) is 4.79 Å². The van der Waals surface area contributed by atoms with E-state index in [1.807, 2.05) is 6.92 Å². The number of ether oxygens (including phenoxy) is 1. The van der Waals surface area contributed by atoms with E-state index in [0.29, 0.717) is 12.3 Å². The summed E-state index contributed by atoms with van der Waals surface area (Å²) in [7, 11) is 1.40. The van der Waals surface area contributed by atoms with Crippen LogP contribution in [0.4, 0.5) is 0 Å². The van der Waals surface area contributed by atoms with Crippen molar-refractivity contribution in [2.75, 3.05) is 7.11 Å². The van der Waals surface area contributed by atoms with Crippen LogP contribution in [0.25, 0.3) is 0 Å². The van der Waals surface area contributed by atoms with Crippen LogP contribution in [-0.2, 0) is 9.53 Å². The molecule has 0 amide bonds. The monoisotopic (exact) mass is 228 g/mol. The number of aliphatic hydroxyl groups is 1. The minimum absolute atomic E-state index is 0.262. The van der Waals surface area contributed by atoms with Crippen LogP contribution in [0.1, 0.15) is 52.4 Å². The number of methoxy groups -OCH3 is 1. The Morgan fingerprint density at radius 3 is 2.75 bits per heavy atom. The average molecular weight is 228 g/mol. The first-order valence-corrected chi connectivity index (χ1v) is 6.37. The molecule has 0 aromatic carbocycles. The first-order chi connectivity index (χ1) is 7.57. The molecular formula is C13H24O3. The third-order valence-electron chi connectivity index (χ3n) is 3.98. The maximum Gasteiger partial charge on any atom is 0.311 e. The second-order valence-electron chi connectivity index (χ2n) is 4.96. The van der Waals surface area contributed by atoms with E-state index < -0.39 is 5.60 Å². The fourth-order valence-corrected chi connectivity index (χ4v) is 2.97. The van der Waals surface area contributed by atoms with Gasteiger partial charge in [0.2, 0.25) is 0 Å². The summed E-state index contributed by atoms with van der Waals surface area (Å²) in [5.41, 5.74) is -0.833. The smallest absolute Gasteiger partial charge is 0.311 e. The van der Waals surface area contributed by atoms with Crippen molar-refractivity contribution in [3.05, 3.63) is 0 Å². The first-order valence-electron chi connectivity index (χ1n) is 6.37. The maximum atomic E-state index is 11.7. The van der Waals surface area contributed by atoms with Crippen molar-refractivity contribution in [3.63, 3.8) is 0 Å². The Hall–Kier alpha value is -0.570. The number of hydrogen-bond acceptors (Lipinski definition) is 3. The van der Waals surface area contributed by atoms with E-state index in [9.17, 15) is 9.90 Å². The summed E-state index contributed by atoms with van der Waals surface area (Å²) in [6, 6.07) is 0. The highest BCUT2D eigenvalue weighted by molar-refractivity contribution is 5.73. The largest absolute Gasteiger partial charge is 0.469 e. The number of esters is 1.